The van der Waals surface area contributed by atoms with E-state index in [1.165, 1.54) is 18.3 Å². The Labute approximate surface area is 230 Å². The molecule has 3 heterocycles. The van der Waals surface area contributed by atoms with Crippen molar-refractivity contribution in [2.75, 3.05) is 13.0 Å². The molecule has 1 fully saturated rings. The zero-order chi connectivity index (χ0) is 30.9. The molecular weight excluding hydrogens is 524 g/mol. The minimum atomic E-state index is -4.81. The number of para-hydroxylation sites is 2. The highest BCUT2D eigenvalue weighted by Gasteiger charge is 2.37. The first-order valence-electron chi connectivity index (χ1n) is 13.8. The predicted octanol–water partition coefficient (Wildman–Crippen LogP) is 0.946. The van der Waals surface area contributed by atoms with Crippen LogP contribution in [0.4, 0.5) is 0 Å². The summed E-state index contributed by atoms with van der Waals surface area (Å²) in [5.74, 6) is -3.30. The summed E-state index contributed by atoms with van der Waals surface area (Å²) in [7, 11) is -4.81. The van der Waals surface area contributed by atoms with Crippen LogP contribution in [0.2, 0.25) is 0 Å². The predicted molar refractivity (Wildman–Crippen MR) is 141 cm³/mol. The SMILES string of the molecule is [2H]C1(NC(=O)[C@H](CC(C)C)NC(=O)c2cnc3ccccc3n2)CCCN(S(=O)(=O)c2cccc[n+]2[O-])C([2H])([2H])C1=O. The molecule has 1 unspecified atom stereocenters. The lowest BCUT2D eigenvalue weighted by molar-refractivity contribution is -0.646. The lowest BCUT2D eigenvalue weighted by Gasteiger charge is -2.23. The number of nitrogens with zero attached hydrogens (tertiary/aromatic N) is 4. The highest BCUT2D eigenvalue weighted by molar-refractivity contribution is 7.89. The molecule has 12 nitrogen and oxygen atoms in total. The van der Waals surface area contributed by atoms with Crippen LogP contribution < -0.4 is 15.4 Å². The van der Waals surface area contributed by atoms with Crippen LogP contribution in [-0.4, -0.2) is 65.4 Å². The zero-order valence-electron chi connectivity index (χ0n) is 24.3. The van der Waals surface area contributed by atoms with E-state index in [0.29, 0.717) is 11.0 Å². The van der Waals surface area contributed by atoms with Gasteiger partial charge in [0.25, 0.3) is 5.91 Å². The molecule has 1 aromatic carbocycles. The topological polar surface area (TPSA) is 165 Å². The number of ketones is 1. The molecule has 0 aliphatic carbocycles. The number of hydrogen-bond donors (Lipinski definition) is 2. The number of sulfonamides is 1. The number of fused-ring (bicyclic) bond motifs is 1. The van der Waals surface area contributed by atoms with Crippen LogP contribution in [0.15, 0.2) is 59.9 Å². The lowest BCUT2D eigenvalue weighted by Crippen LogP contribution is -2.53. The van der Waals surface area contributed by atoms with Gasteiger partial charge in [0.1, 0.15) is 11.7 Å². The molecule has 2 aromatic heterocycles. The summed E-state index contributed by atoms with van der Waals surface area (Å²) in [6, 6.07) is 6.62. The Morgan fingerprint density at radius 3 is 2.67 bits per heavy atom. The minimum Gasteiger partial charge on any atom is -0.618 e. The molecule has 0 spiro atoms. The van der Waals surface area contributed by atoms with E-state index >= 15 is 0 Å². The standard InChI is InChI=1S/C26H30N6O6S/c1-17(2)14-21(30-26(35)22-15-27-18-8-3-4-9-19(18)28-22)25(34)29-20-10-7-12-31(16-23(20)33)39(37,38)24-11-5-6-13-32(24)36/h3-6,8-9,11,13,15,17,20-21H,7,10,12,14,16H2,1-2H3,(H,29,34)(H,30,35)/t20?,21-/m0/s1/i16D2,20D. The summed E-state index contributed by atoms with van der Waals surface area (Å²) < 4.78 is 52.3. The molecule has 4 rings (SSSR count). The van der Waals surface area contributed by atoms with Gasteiger partial charge in [0.15, 0.2) is 12.0 Å². The normalized spacial score (nSPS) is 21.8. The second-order valence-electron chi connectivity index (χ2n) is 9.35. The van der Waals surface area contributed by atoms with E-state index in [-0.39, 0.29) is 33.5 Å². The van der Waals surface area contributed by atoms with Crippen molar-refractivity contribution in [1.29, 1.82) is 0 Å². The van der Waals surface area contributed by atoms with E-state index in [4.69, 9.17) is 4.11 Å². The van der Waals surface area contributed by atoms with Gasteiger partial charge in [0.2, 0.25) is 5.91 Å². The average Bonchev–Trinajstić information content (AvgIpc) is 3.02. The van der Waals surface area contributed by atoms with Crippen molar-refractivity contribution in [2.45, 2.75) is 50.2 Å². The molecule has 2 atom stereocenters. The van der Waals surface area contributed by atoms with Gasteiger partial charge in [-0.25, -0.2) is 13.4 Å². The molecular formula is C26H30N6O6S. The molecule has 1 saturated heterocycles. The van der Waals surface area contributed by atoms with Gasteiger partial charge in [-0.2, -0.15) is 9.04 Å². The summed E-state index contributed by atoms with van der Waals surface area (Å²) in [6.07, 6.45) is 1.67. The summed E-state index contributed by atoms with van der Waals surface area (Å²) in [6.45, 7) is -0.227. The molecule has 2 N–H and O–H groups in total. The Kier molecular flexibility index (Phi) is 7.31. The average molecular weight is 558 g/mol. The molecule has 206 valence electrons. The number of carbonyl (C=O) groups is 3. The summed E-state index contributed by atoms with van der Waals surface area (Å²) in [5.41, 5.74) is 0.968. The molecule has 1 aliphatic rings. The summed E-state index contributed by atoms with van der Waals surface area (Å²) in [4.78, 5) is 48.3. The molecule has 13 heteroatoms. The fourth-order valence-corrected chi connectivity index (χ4v) is 5.35. The van der Waals surface area contributed by atoms with Gasteiger partial charge >= 0.3 is 15.0 Å². The summed E-state index contributed by atoms with van der Waals surface area (Å²) in [5, 5.41) is 16.2. The van der Waals surface area contributed by atoms with Crippen molar-refractivity contribution >= 4 is 38.7 Å². The minimum absolute atomic E-state index is 0.0373. The second kappa shape index (κ2) is 11.8. The molecule has 2 amide bonds. The van der Waals surface area contributed by atoms with E-state index in [1.54, 1.807) is 38.1 Å². The highest BCUT2D eigenvalue weighted by atomic mass is 32.2. The van der Waals surface area contributed by atoms with Crippen LogP contribution >= 0.6 is 0 Å². The van der Waals surface area contributed by atoms with Crippen LogP contribution in [0.25, 0.3) is 11.0 Å². The van der Waals surface area contributed by atoms with Gasteiger partial charge in [-0.15, -0.1) is 0 Å². The maximum Gasteiger partial charge on any atom is 0.323 e. The van der Waals surface area contributed by atoms with Gasteiger partial charge in [-0.3, -0.25) is 19.4 Å². The lowest BCUT2D eigenvalue weighted by atomic mass is 10.0. The van der Waals surface area contributed by atoms with Gasteiger partial charge < -0.3 is 15.8 Å². The Morgan fingerprint density at radius 1 is 1.23 bits per heavy atom. The molecule has 0 saturated carbocycles. The molecule has 3 aromatic rings. The number of carbonyl (C=O) groups excluding carboxylic acids is 3. The van der Waals surface area contributed by atoms with Crippen LogP contribution in [0.1, 0.15) is 47.7 Å². The van der Waals surface area contributed by atoms with Crippen molar-refractivity contribution in [3.8, 4) is 0 Å². The monoisotopic (exact) mass is 557 g/mol. The Bertz CT molecular complexity index is 1640. The van der Waals surface area contributed by atoms with E-state index in [1.807, 2.05) is 0 Å². The van der Waals surface area contributed by atoms with E-state index < -0.39 is 64.2 Å². The fraction of sp³-hybridized carbons (Fsp3) is 0.385. The summed E-state index contributed by atoms with van der Waals surface area (Å²) >= 11 is 0. The van der Waals surface area contributed by atoms with Gasteiger partial charge in [0, 0.05) is 18.7 Å². The maximum absolute atomic E-state index is 13.4. The second-order valence-corrected chi connectivity index (χ2v) is 11.2. The van der Waals surface area contributed by atoms with Crippen LogP contribution in [0.5, 0.6) is 0 Å². The van der Waals surface area contributed by atoms with Gasteiger partial charge in [-0.05, 0) is 43.4 Å². The number of benzene rings is 1. The Balaban J connectivity index is 1.57. The molecule has 39 heavy (non-hydrogen) atoms. The zero-order valence-corrected chi connectivity index (χ0v) is 22.1. The smallest absolute Gasteiger partial charge is 0.323 e. The number of Topliss-reactive ketones (excluding diaryl/α,β-unsaturated/α-hetero) is 1. The third-order valence-corrected chi connectivity index (χ3v) is 7.61. The number of pyridine rings is 1. The van der Waals surface area contributed by atoms with E-state index in [2.05, 4.69) is 20.6 Å². The first-order chi connectivity index (χ1) is 19.7. The van der Waals surface area contributed by atoms with Crippen molar-refractivity contribution in [3.05, 3.63) is 65.8 Å². The van der Waals surface area contributed by atoms with Crippen LogP contribution in [0, 0.1) is 11.1 Å². The maximum atomic E-state index is 13.4. The first kappa shape index (κ1) is 24.1. The van der Waals surface area contributed by atoms with Crippen molar-refractivity contribution < 1.29 is 31.6 Å². The largest absolute Gasteiger partial charge is 0.618 e. The van der Waals surface area contributed by atoms with Crippen molar-refractivity contribution in [2.24, 2.45) is 5.92 Å². The van der Waals surface area contributed by atoms with Gasteiger partial charge in [-0.1, -0.05) is 26.0 Å². The number of hydrogen-bond acceptors (Lipinski definition) is 8. The van der Waals surface area contributed by atoms with Gasteiger partial charge in [0.05, 0.1) is 33.9 Å². The third kappa shape index (κ3) is 6.55. The number of rotatable bonds is 8. The Morgan fingerprint density at radius 2 is 1.95 bits per heavy atom. The van der Waals surface area contributed by atoms with Crippen molar-refractivity contribution in [1.82, 2.24) is 24.9 Å². The number of amides is 2. The molecule has 0 bridgehead atoms. The molecule has 1 aliphatic heterocycles. The highest BCUT2D eigenvalue weighted by Crippen LogP contribution is 2.18. The number of nitrogens with one attached hydrogen (secondary N) is 2. The quantitative estimate of drug-likeness (QED) is 0.305. The molecule has 0 radical (unpaired) electrons. The van der Waals surface area contributed by atoms with Crippen molar-refractivity contribution in [3.63, 3.8) is 0 Å². The number of aromatic nitrogens is 3. The van der Waals surface area contributed by atoms with Crippen LogP contribution in [0.3, 0.4) is 0 Å². The third-order valence-electron chi connectivity index (χ3n) is 5.92. The van der Waals surface area contributed by atoms with E-state index in [0.717, 1.165) is 12.3 Å². The first-order valence-corrected chi connectivity index (χ1v) is 13.7. The fourth-order valence-electron chi connectivity index (χ4n) is 4.01. The van der Waals surface area contributed by atoms with Crippen LogP contribution in [-0.2, 0) is 19.6 Å². The van der Waals surface area contributed by atoms with E-state index in [9.17, 15) is 28.0 Å². The Hall–Kier alpha value is -3.97.